The topological polar surface area (TPSA) is 12.5 Å². The molecule has 39 heavy (non-hydrogen) atoms. The minimum Gasteiger partial charge on any atom is -0.458 e. The molecule has 194 valence electrons. The standard InChI is InChI=1S/C36H36BNO/c1-34(2,3)25-17-14-23(15-18-25)24-16-19-27-31(22-24)39-30-13-9-12-29-32(30)37(27)28-11-8-10-26-33(28)38(29)36(5)21-7-6-20-35(26,36)4/h8-19,22H,6-7,20-21H2,1-5H3. The fourth-order valence-corrected chi connectivity index (χ4v) is 8.31. The van der Waals surface area contributed by atoms with Gasteiger partial charge in [-0.15, -0.1) is 0 Å². The van der Waals surface area contributed by atoms with Crippen LogP contribution in [-0.2, 0) is 10.8 Å². The highest BCUT2D eigenvalue weighted by Crippen LogP contribution is 2.61. The first-order chi connectivity index (χ1) is 18.7. The molecule has 4 aromatic carbocycles. The summed E-state index contributed by atoms with van der Waals surface area (Å²) in [7, 11) is 0. The highest BCUT2D eigenvalue weighted by Gasteiger charge is 2.60. The van der Waals surface area contributed by atoms with Gasteiger partial charge in [0.2, 0.25) is 0 Å². The fourth-order valence-electron chi connectivity index (χ4n) is 8.31. The molecular formula is C36H36BNO. The molecule has 2 atom stereocenters. The van der Waals surface area contributed by atoms with Crippen molar-refractivity contribution in [2.75, 3.05) is 4.90 Å². The summed E-state index contributed by atoms with van der Waals surface area (Å²) in [5, 5.41) is 0. The van der Waals surface area contributed by atoms with Crippen LogP contribution in [0.25, 0.3) is 11.1 Å². The summed E-state index contributed by atoms with van der Waals surface area (Å²) in [5.74, 6) is 2.00. The predicted octanol–water partition coefficient (Wildman–Crippen LogP) is 7.33. The van der Waals surface area contributed by atoms with E-state index in [2.05, 4.69) is 118 Å². The molecule has 1 aliphatic carbocycles. The van der Waals surface area contributed by atoms with E-state index in [0.29, 0.717) is 0 Å². The zero-order valence-electron chi connectivity index (χ0n) is 23.8. The second kappa shape index (κ2) is 7.59. The third kappa shape index (κ3) is 2.94. The molecule has 3 heteroatoms. The maximum atomic E-state index is 6.76. The number of anilines is 2. The molecule has 0 bridgehead atoms. The third-order valence-corrected chi connectivity index (χ3v) is 10.7. The molecule has 8 rings (SSSR count). The number of ether oxygens (including phenoxy) is 1. The van der Waals surface area contributed by atoms with Crippen molar-refractivity contribution >= 4 is 34.5 Å². The van der Waals surface area contributed by atoms with Gasteiger partial charge in [0.25, 0.3) is 6.71 Å². The van der Waals surface area contributed by atoms with Gasteiger partial charge in [-0.05, 0) is 82.0 Å². The van der Waals surface area contributed by atoms with Gasteiger partial charge in [0.15, 0.2) is 0 Å². The maximum absolute atomic E-state index is 6.76. The molecule has 0 spiro atoms. The number of nitrogens with zero attached hydrogens (tertiary/aromatic N) is 1. The van der Waals surface area contributed by atoms with Crippen molar-refractivity contribution < 1.29 is 4.74 Å². The zero-order valence-corrected chi connectivity index (χ0v) is 23.8. The molecule has 4 aliphatic rings. The average Bonchev–Trinajstić information content (AvgIpc) is 3.15. The van der Waals surface area contributed by atoms with Crippen molar-refractivity contribution in [2.45, 2.75) is 76.7 Å². The molecule has 3 heterocycles. The van der Waals surface area contributed by atoms with Gasteiger partial charge in [-0.2, -0.15) is 0 Å². The van der Waals surface area contributed by atoms with E-state index in [9.17, 15) is 0 Å². The first-order valence-corrected chi connectivity index (χ1v) is 14.7. The number of benzene rings is 4. The van der Waals surface area contributed by atoms with Crippen LogP contribution in [0.1, 0.15) is 71.4 Å². The summed E-state index contributed by atoms with van der Waals surface area (Å²) >= 11 is 0. The van der Waals surface area contributed by atoms with Gasteiger partial charge >= 0.3 is 0 Å². The maximum Gasteiger partial charge on any atom is 0.256 e. The molecule has 0 radical (unpaired) electrons. The van der Waals surface area contributed by atoms with E-state index in [0.717, 1.165) is 11.5 Å². The molecule has 0 N–H and O–H groups in total. The molecular weight excluding hydrogens is 473 g/mol. The smallest absolute Gasteiger partial charge is 0.256 e. The van der Waals surface area contributed by atoms with E-state index in [-0.39, 0.29) is 23.1 Å². The summed E-state index contributed by atoms with van der Waals surface area (Å²) < 4.78 is 6.76. The molecule has 2 unspecified atom stereocenters. The molecule has 1 fully saturated rings. The molecule has 4 aromatic rings. The van der Waals surface area contributed by atoms with Crippen molar-refractivity contribution in [3.05, 3.63) is 90.0 Å². The molecule has 0 amide bonds. The Morgan fingerprint density at radius 2 is 1.51 bits per heavy atom. The van der Waals surface area contributed by atoms with Crippen molar-refractivity contribution in [2.24, 2.45) is 0 Å². The lowest BCUT2D eigenvalue weighted by Crippen LogP contribution is -2.63. The molecule has 2 nitrogen and oxygen atoms in total. The van der Waals surface area contributed by atoms with Crippen molar-refractivity contribution in [3.63, 3.8) is 0 Å². The van der Waals surface area contributed by atoms with Gasteiger partial charge in [0.05, 0.1) is 5.54 Å². The van der Waals surface area contributed by atoms with E-state index in [1.165, 1.54) is 70.1 Å². The normalized spacial score (nSPS) is 23.9. The van der Waals surface area contributed by atoms with Crippen LogP contribution >= 0.6 is 0 Å². The van der Waals surface area contributed by atoms with E-state index in [1.54, 1.807) is 5.56 Å². The SMILES string of the molecule is CC(C)(C)c1ccc(-c2ccc3c(c2)Oc2cccc4c2B3c2cccc3c2N4C2(C)CCCCC32C)cc1. The zero-order chi connectivity index (χ0) is 26.7. The third-order valence-electron chi connectivity index (χ3n) is 10.7. The minimum absolute atomic E-state index is 0.0765. The predicted molar refractivity (Wildman–Crippen MR) is 165 cm³/mol. The highest BCUT2D eigenvalue weighted by atomic mass is 16.5. The first-order valence-electron chi connectivity index (χ1n) is 14.7. The van der Waals surface area contributed by atoms with Crippen LogP contribution in [0, 0.1) is 0 Å². The lowest BCUT2D eigenvalue weighted by molar-refractivity contribution is 0.195. The van der Waals surface area contributed by atoms with Crippen LogP contribution in [-0.4, -0.2) is 12.3 Å². The Balaban J connectivity index is 1.31. The summed E-state index contributed by atoms with van der Waals surface area (Å²) in [6.45, 7) is 12.0. The van der Waals surface area contributed by atoms with E-state index >= 15 is 0 Å². The number of fused-ring (bicyclic) bond motifs is 7. The Labute approximate surface area is 233 Å². The number of rotatable bonds is 1. The highest BCUT2D eigenvalue weighted by molar-refractivity contribution is 6.99. The van der Waals surface area contributed by atoms with Crippen LogP contribution in [0.4, 0.5) is 11.4 Å². The Hall–Kier alpha value is -3.46. The second-order valence-corrected chi connectivity index (χ2v) is 13.7. The average molecular weight is 510 g/mol. The van der Waals surface area contributed by atoms with Crippen LogP contribution in [0.15, 0.2) is 78.9 Å². The Bertz CT molecular complexity index is 1660. The summed E-state index contributed by atoms with van der Waals surface area (Å²) in [6, 6.07) is 29.7. The summed E-state index contributed by atoms with van der Waals surface area (Å²) in [6.07, 6.45) is 5.08. The van der Waals surface area contributed by atoms with Gasteiger partial charge < -0.3 is 9.64 Å². The van der Waals surface area contributed by atoms with E-state index in [4.69, 9.17) is 4.74 Å². The second-order valence-electron chi connectivity index (χ2n) is 13.7. The van der Waals surface area contributed by atoms with Gasteiger partial charge in [-0.1, -0.05) is 101 Å². The molecule has 0 saturated heterocycles. The van der Waals surface area contributed by atoms with Crippen LogP contribution in [0.3, 0.4) is 0 Å². The molecule has 0 aromatic heterocycles. The number of para-hydroxylation sites is 1. The Morgan fingerprint density at radius 1 is 0.769 bits per heavy atom. The van der Waals surface area contributed by atoms with Gasteiger partial charge in [0, 0.05) is 16.8 Å². The van der Waals surface area contributed by atoms with Gasteiger partial charge in [-0.3, -0.25) is 0 Å². The van der Waals surface area contributed by atoms with Crippen LogP contribution < -0.4 is 26.0 Å². The molecule has 3 aliphatic heterocycles. The lowest BCUT2D eigenvalue weighted by atomic mass is 9.34. The summed E-state index contributed by atoms with van der Waals surface area (Å²) in [4.78, 5) is 2.73. The molecule has 1 saturated carbocycles. The minimum atomic E-state index is 0.0765. The van der Waals surface area contributed by atoms with Crippen molar-refractivity contribution in [1.29, 1.82) is 0 Å². The Kier molecular flexibility index (Phi) is 4.56. The first kappa shape index (κ1) is 23.4. The fraction of sp³-hybridized carbons (Fsp3) is 0.333. The van der Waals surface area contributed by atoms with Crippen molar-refractivity contribution in [3.8, 4) is 22.6 Å². The van der Waals surface area contributed by atoms with Crippen LogP contribution in [0.2, 0.25) is 0 Å². The number of hydrogen-bond donors (Lipinski definition) is 0. The van der Waals surface area contributed by atoms with Crippen LogP contribution in [0.5, 0.6) is 11.5 Å². The monoisotopic (exact) mass is 509 g/mol. The lowest BCUT2D eigenvalue weighted by Gasteiger charge is -2.52. The summed E-state index contributed by atoms with van der Waals surface area (Å²) in [5.41, 5.74) is 12.6. The largest absolute Gasteiger partial charge is 0.458 e. The van der Waals surface area contributed by atoms with E-state index in [1.807, 2.05) is 0 Å². The quantitative estimate of drug-likeness (QED) is 0.220. The number of hydrogen-bond acceptors (Lipinski definition) is 2. The van der Waals surface area contributed by atoms with Crippen molar-refractivity contribution in [1.82, 2.24) is 0 Å². The van der Waals surface area contributed by atoms with Gasteiger partial charge in [0.1, 0.15) is 11.5 Å². The Morgan fingerprint density at radius 3 is 2.31 bits per heavy atom. The van der Waals surface area contributed by atoms with Gasteiger partial charge in [-0.25, -0.2) is 0 Å². The van der Waals surface area contributed by atoms with E-state index < -0.39 is 0 Å².